The average molecular weight is 406 g/mol. The number of alkyl halides is 2. The van der Waals surface area contributed by atoms with E-state index < -0.39 is 11.8 Å². The smallest absolute Gasteiger partial charge is 0.361 e. The van der Waals surface area contributed by atoms with Crippen LogP contribution in [0.2, 0.25) is 0 Å². The first-order chi connectivity index (χ1) is 14.4. The third-order valence-corrected chi connectivity index (χ3v) is 4.70. The Morgan fingerprint density at radius 3 is 2.57 bits per heavy atom. The van der Waals surface area contributed by atoms with Crippen molar-refractivity contribution in [1.29, 1.82) is 5.41 Å². The molecule has 0 saturated heterocycles. The van der Waals surface area contributed by atoms with E-state index >= 15 is 8.78 Å². The maximum absolute atomic E-state index is 15.3. The molecule has 4 rings (SSSR count). The van der Waals surface area contributed by atoms with Gasteiger partial charge in [0, 0.05) is 22.6 Å². The van der Waals surface area contributed by atoms with Crippen LogP contribution in [0, 0.1) is 5.41 Å². The van der Waals surface area contributed by atoms with Gasteiger partial charge in [0.25, 0.3) is 0 Å². The highest BCUT2D eigenvalue weighted by Crippen LogP contribution is 2.31. The lowest BCUT2D eigenvalue weighted by molar-refractivity contribution is -0.616. The molecule has 0 unspecified atom stereocenters. The molecule has 0 saturated carbocycles. The van der Waals surface area contributed by atoms with Crippen LogP contribution in [-0.2, 0) is 5.92 Å². The number of nitrogens with two attached hydrogens (primary N) is 1. The summed E-state index contributed by atoms with van der Waals surface area (Å²) in [5, 5.41) is 12.8. The van der Waals surface area contributed by atoms with E-state index in [1.165, 1.54) is 37.6 Å². The molecule has 0 bridgehead atoms. The van der Waals surface area contributed by atoms with Gasteiger partial charge in [0.05, 0.1) is 18.8 Å². The maximum atomic E-state index is 15.3. The number of nitrogen functional groups attached to an aromatic ring is 1. The minimum absolute atomic E-state index is 0.0662. The minimum Gasteiger partial charge on any atom is -0.495 e. The van der Waals surface area contributed by atoms with Gasteiger partial charge in [0.2, 0.25) is 5.82 Å². The van der Waals surface area contributed by atoms with Crippen molar-refractivity contribution >= 4 is 22.6 Å². The van der Waals surface area contributed by atoms with Crippen LogP contribution < -0.4 is 15.2 Å². The number of anilines is 1. The van der Waals surface area contributed by atoms with E-state index in [-0.39, 0.29) is 11.4 Å². The number of nitrogens with one attached hydrogen (secondary N) is 1. The van der Waals surface area contributed by atoms with Crippen LogP contribution in [0.15, 0.2) is 72.9 Å². The van der Waals surface area contributed by atoms with E-state index in [9.17, 15) is 0 Å². The van der Waals surface area contributed by atoms with Crippen molar-refractivity contribution in [2.75, 3.05) is 12.8 Å². The van der Waals surface area contributed by atoms with Crippen LogP contribution >= 0.6 is 0 Å². The SMILES string of the molecule is COc1cnc2ccc(C(F)(F)C(=N)[n+]3nc(-c4ccccc4)ccc3N)cc2c1. The topological polar surface area (TPSA) is 88.8 Å². The lowest BCUT2D eigenvalue weighted by Crippen LogP contribution is -2.55. The normalized spacial score (nSPS) is 11.4. The highest BCUT2D eigenvalue weighted by atomic mass is 19.3. The number of halogens is 2. The Morgan fingerprint density at radius 2 is 1.83 bits per heavy atom. The van der Waals surface area contributed by atoms with Crippen LogP contribution in [0.4, 0.5) is 14.6 Å². The summed E-state index contributed by atoms with van der Waals surface area (Å²) in [4.78, 5) is 4.18. The fourth-order valence-electron chi connectivity index (χ4n) is 3.06. The summed E-state index contributed by atoms with van der Waals surface area (Å²) in [5.41, 5.74) is 7.20. The van der Waals surface area contributed by atoms with Gasteiger partial charge in [-0.2, -0.15) is 14.2 Å². The molecule has 2 aromatic carbocycles. The van der Waals surface area contributed by atoms with Gasteiger partial charge in [0.15, 0.2) is 0 Å². The quantitative estimate of drug-likeness (QED) is 0.307. The van der Waals surface area contributed by atoms with Crippen molar-refractivity contribution in [3.05, 3.63) is 78.5 Å². The summed E-state index contributed by atoms with van der Waals surface area (Å²) in [7, 11) is 1.47. The fraction of sp³-hybridized carbons (Fsp3) is 0.0909. The minimum atomic E-state index is -3.64. The van der Waals surface area contributed by atoms with E-state index in [1.54, 1.807) is 24.3 Å². The molecule has 0 atom stereocenters. The van der Waals surface area contributed by atoms with Gasteiger partial charge in [0.1, 0.15) is 11.4 Å². The van der Waals surface area contributed by atoms with Gasteiger partial charge in [-0.15, -0.1) is 9.78 Å². The molecular weight excluding hydrogens is 388 g/mol. The lowest BCUT2D eigenvalue weighted by Gasteiger charge is -2.16. The molecule has 30 heavy (non-hydrogen) atoms. The van der Waals surface area contributed by atoms with Gasteiger partial charge in [-0.05, 0) is 24.3 Å². The number of hydrogen-bond donors (Lipinski definition) is 2. The number of hydrogen-bond acceptors (Lipinski definition) is 5. The highest BCUT2D eigenvalue weighted by Gasteiger charge is 2.44. The van der Waals surface area contributed by atoms with Gasteiger partial charge in [-0.25, -0.2) is 0 Å². The van der Waals surface area contributed by atoms with Gasteiger partial charge in [-0.3, -0.25) is 4.98 Å². The molecule has 0 aliphatic carbocycles. The molecule has 0 aliphatic heterocycles. The molecule has 150 valence electrons. The zero-order valence-electron chi connectivity index (χ0n) is 16.0. The Labute approximate surface area is 171 Å². The molecule has 2 heterocycles. The van der Waals surface area contributed by atoms with Crippen LogP contribution in [0.5, 0.6) is 5.75 Å². The molecule has 6 nitrogen and oxygen atoms in total. The second kappa shape index (κ2) is 7.47. The predicted molar refractivity (Wildman–Crippen MR) is 110 cm³/mol. The van der Waals surface area contributed by atoms with Gasteiger partial charge >= 0.3 is 11.8 Å². The standard InChI is InChI=1S/C22H17F2N5O/c1-30-17-12-15-11-16(7-8-18(15)27-13-17)22(23,24)21(26)29-20(25)10-9-19(28-29)14-5-3-2-4-6-14/h2-13,25-26H,1H3/p+1. The van der Waals surface area contributed by atoms with Crippen LogP contribution in [0.1, 0.15) is 5.56 Å². The van der Waals surface area contributed by atoms with Gasteiger partial charge in [-0.1, -0.05) is 36.4 Å². The number of nitrogens with zero attached hydrogens (tertiary/aromatic N) is 3. The van der Waals surface area contributed by atoms with Crippen molar-refractivity contribution in [3.8, 4) is 17.0 Å². The molecule has 0 aliphatic rings. The number of pyridine rings is 1. The molecule has 2 aromatic heterocycles. The zero-order valence-corrected chi connectivity index (χ0v) is 16.0. The second-order valence-electron chi connectivity index (χ2n) is 6.63. The third kappa shape index (κ3) is 3.43. The van der Waals surface area contributed by atoms with E-state index in [0.29, 0.717) is 22.3 Å². The van der Waals surface area contributed by atoms with Crippen molar-refractivity contribution in [1.82, 2.24) is 10.1 Å². The first-order valence-electron chi connectivity index (χ1n) is 9.06. The van der Waals surface area contributed by atoms with Crippen molar-refractivity contribution in [2.45, 2.75) is 5.92 Å². The lowest BCUT2D eigenvalue weighted by atomic mass is 10.0. The summed E-state index contributed by atoms with van der Waals surface area (Å²) in [6, 6.07) is 17.8. The van der Waals surface area contributed by atoms with E-state index in [0.717, 1.165) is 10.2 Å². The summed E-state index contributed by atoms with van der Waals surface area (Å²) >= 11 is 0. The number of fused-ring (bicyclic) bond motifs is 1. The Bertz CT molecular complexity index is 1240. The number of ether oxygens (including phenoxy) is 1. The summed E-state index contributed by atoms with van der Waals surface area (Å²) < 4.78 is 36.4. The van der Waals surface area contributed by atoms with E-state index in [1.807, 2.05) is 18.2 Å². The summed E-state index contributed by atoms with van der Waals surface area (Å²) in [6.45, 7) is 0. The third-order valence-electron chi connectivity index (χ3n) is 4.70. The largest absolute Gasteiger partial charge is 0.495 e. The van der Waals surface area contributed by atoms with E-state index in [4.69, 9.17) is 15.9 Å². The van der Waals surface area contributed by atoms with Crippen LogP contribution in [-0.4, -0.2) is 23.0 Å². The maximum Gasteiger partial charge on any atom is 0.361 e. The fourth-order valence-corrected chi connectivity index (χ4v) is 3.06. The molecule has 8 heteroatoms. The zero-order chi connectivity index (χ0) is 21.3. The summed E-state index contributed by atoms with van der Waals surface area (Å²) in [5.74, 6) is -4.30. The van der Waals surface area contributed by atoms with Crippen LogP contribution in [0.25, 0.3) is 22.2 Å². The summed E-state index contributed by atoms with van der Waals surface area (Å²) in [6.07, 6.45) is 1.51. The monoisotopic (exact) mass is 406 g/mol. The molecular formula is C22H18F2N5O+. The first kappa shape index (κ1) is 19.4. The second-order valence-corrected chi connectivity index (χ2v) is 6.63. The average Bonchev–Trinajstić information content (AvgIpc) is 2.78. The Hall–Kier alpha value is -3.94. The number of aromatic nitrogens is 3. The Morgan fingerprint density at radius 1 is 1.07 bits per heavy atom. The van der Waals surface area contributed by atoms with Crippen LogP contribution in [0.3, 0.4) is 0 Å². The molecule has 0 fully saturated rings. The van der Waals surface area contributed by atoms with Crippen molar-refractivity contribution < 1.29 is 18.2 Å². The molecule has 0 radical (unpaired) electrons. The number of rotatable bonds is 4. The Balaban J connectivity index is 1.76. The van der Waals surface area contributed by atoms with Gasteiger partial charge < -0.3 is 10.5 Å². The van der Waals surface area contributed by atoms with Crippen molar-refractivity contribution in [3.63, 3.8) is 0 Å². The number of methoxy groups -OCH3 is 1. The number of benzene rings is 2. The predicted octanol–water partition coefficient (Wildman–Crippen LogP) is 3.79. The Kier molecular flexibility index (Phi) is 4.83. The highest BCUT2D eigenvalue weighted by molar-refractivity contribution is 5.85. The first-order valence-corrected chi connectivity index (χ1v) is 9.06. The molecule has 3 N–H and O–H groups in total. The molecule has 4 aromatic rings. The molecule has 0 amide bonds. The molecule has 0 spiro atoms. The van der Waals surface area contributed by atoms with E-state index in [2.05, 4.69) is 10.1 Å². The van der Waals surface area contributed by atoms with Crippen molar-refractivity contribution in [2.24, 2.45) is 0 Å².